The highest BCUT2D eigenvalue weighted by molar-refractivity contribution is 5.84. The predicted molar refractivity (Wildman–Crippen MR) is 68.2 cm³/mol. The van der Waals surface area contributed by atoms with E-state index in [2.05, 4.69) is 9.97 Å². The van der Waals surface area contributed by atoms with Gasteiger partial charge in [0.15, 0.2) is 5.82 Å². The fraction of sp³-hybridized carbons (Fsp3) is 0.333. The van der Waals surface area contributed by atoms with E-state index < -0.39 is 18.2 Å². The summed E-state index contributed by atoms with van der Waals surface area (Å²) < 4.78 is 1.71. The number of aromatic nitrogens is 3. The molecule has 7 heteroatoms. The van der Waals surface area contributed by atoms with Crippen LogP contribution in [0.2, 0.25) is 0 Å². The Hall–Kier alpha value is -1.96. The molecular formula is C12H14N4O3. The van der Waals surface area contributed by atoms with E-state index in [0.29, 0.717) is 16.9 Å². The Bertz CT molecular complexity index is 651. The number of anilines is 1. The van der Waals surface area contributed by atoms with E-state index in [1.54, 1.807) is 29.2 Å². The van der Waals surface area contributed by atoms with Crippen molar-refractivity contribution >= 4 is 16.9 Å². The Morgan fingerprint density at radius 2 is 2.11 bits per heavy atom. The van der Waals surface area contributed by atoms with Crippen molar-refractivity contribution in [2.24, 2.45) is 0 Å². The van der Waals surface area contributed by atoms with Crippen LogP contribution < -0.4 is 5.73 Å². The molecule has 3 atom stereocenters. The number of hydrogen-bond donors (Lipinski definition) is 4. The van der Waals surface area contributed by atoms with Crippen molar-refractivity contribution in [3.05, 3.63) is 30.2 Å². The molecule has 0 aliphatic heterocycles. The molecule has 0 saturated heterocycles. The summed E-state index contributed by atoms with van der Waals surface area (Å²) in [6, 6.07) is 1.26. The van der Waals surface area contributed by atoms with Crippen LogP contribution in [0, 0.1) is 0 Å². The summed E-state index contributed by atoms with van der Waals surface area (Å²) in [7, 11) is 0. The maximum Gasteiger partial charge on any atom is 0.151 e. The fourth-order valence-electron chi connectivity index (χ4n) is 2.43. The highest BCUT2D eigenvalue weighted by atomic mass is 16.3. The topological polar surface area (TPSA) is 117 Å². The van der Waals surface area contributed by atoms with Gasteiger partial charge in [-0.2, -0.15) is 0 Å². The number of nitrogens with zero attached hydrogens (tertiary/aromatic N) is 3. The average molecular weight is 262 g/mol. The SMILES string of the molecule is Nc1nccc2c1ncn2[C@@H]1C=C(CO)[C@H](O)[C@H]1O. The maximum atomic E-state index is 10.1. The lowest BCUT2D eigenvalue weighted by Crippen LogP contribution is -2.29. The summed E-state index contributed by atoms with van der Waals surface area (Å²) in [6.07, 6.45) is 2.66. The Morgan fingerprint density at radius 1 is 1.32 bits per heavy atom. The van der Waals surface area contributed by atoms with Crippen molar-refractivity contribution in [1.29, 1.82) is 0 Å². The van der Waals surface area contributed by atoms with Crippen molar-refractivity contribution in [2.75, 3.05) is 12.3 Å². The van der Waals surface area contributed by atoms with Gasteiger partial charge >= 0.3 is 0 Å². The van der Waals surface area contributed by atoms with Crippen LogP contribution in [0.5, 0.6) is 0 Å². The quantitative estimate of drug-likeness (QED) is 0.527. The molecule has 0 bridgehead atoms. The molecule has 1 aliphatic rings. The van der Waals surface area contributed by atoms with Gasteiger partial charge in [-0.1, -0.05) is 6.08 Å². The second-order valence-electron chi connectivity index (χ2n) is 4.54. The number of nitrogens with two attached hydrogens (primary N) is 1. The first-order valence-electron chi connectivity index (χ1n) is 5.88. The molecule has 7 nitrogen and oxygen atoms in total. The summed E-state index contributed by atoms with van der Waals surface area (Å²) in [5.41, 5.74) is 7.41. The summed E-state index contributed by atoms with van der Waals surface area (Å²) in [6.45, 7) is -0.287. The van der Waals surface area contributed by atoms with Crippen molar-refractivity contribution in [1.82, 2.24) is 14.5 Å². The van der Waals surface area contributed by atoms with Crippen LogP contribution in [0.4, 0.5) is 5.82 Å². The maximum absolute atomic E-state index is 10.1. The zero-order valence-electron chi connectivity index (χ0n) is 10.0. The van der Waals surface area contributed by atoms with Gasteiger partial charge in [-0.05, 0) is 11.6 Å². The molecular weight excluding hydrogens is 248 g/mol. The number of nitrogen functional groups attached to an aromatic ring is 1. The molecule has 2 aromatic heterocycles. The minimum atomic E-state index is -1.06. The zero-order valence-corrected chi connectivity index (χ0v) is 10.0. The molecule has 0 saturated carbocycles. The van der Waals surface area contributed by atoms with E-state index in [1.165, 1.54) is 0 Å². The highest BCUT2D eigenvalue weighted by Gasteiger charge is 2.35. The van der Waals surface area contributed by atoms with E-state index in [4.69, 9.17) is 10.8 Å². The molecule has 2 heterocycles. The van der Waals surface area contributed by atoms with Gasteiger partial charge in [-0.25, -0.2) is 9.97 Å². The van der Waals surface area contributed by atoms with Crippen molar-refractivity contribution < 1.29 is 15.3 Å². The van der Waals surface area contributed by atoms with Crippen LogP contribution in [0.15, 0.2) is 30.2 Å². The second kappa shape index (κ2) is 4.30. The van der Waals surface area contributed by atoms with Gasteiger partial charge in [0.2, 0.25) is 0 Å². The van der Waals surface area contributed by atoms with Crippen LogP contribution in [0.25, 0.3) is 11.0 Å². The number of aliphatic hydroxyl groups is 3. The Labute approximate surface area is 108 Å². The number of fused-ring (bicyclic) bond motifs is 1. The van der Waals surface area contributed by atoms with Crippen molar-refractivity contribution in [3.63, 3.8) is 0 Å². The monoisotopic (exact) mass is 262 g/mol. The first-order valence-corrected chi connectivity index (χ1v) is 5.88. The van der Waals surface area contributed by atoms with Crippen molar-refractivity contribution in [2.45, 2.75) is 18.2 Å². The number of hydrogen-bond acceptors (Lipinski definition) is 6. The molecule has 5 N–H and O–H groups in total. The third kappa shape index (κ3) is 1.71. The van der Waals surface area contributed by atoms with Gasteiger partial charge in [-0.15, -0.1) is 0 Å². The van der Waals surface area contributed by atoms with Crippen LogP contribution in [-0.4, -0.2) is 48.7 Å². The standard InChI is InChI=1S/C12H14N4O3/c13-12-9-7(1-2-14-12)16(5-15-9)8-3-6(4-17)10(18)11(8)19/h1-3,5,8,10-11,17-19H,4H2,(H2,13,14)/t8-,10+,11+/m1/s1. The lowest BCUT2D eigenvalue weighted by molar-refractivity contribution is 0.0288. The molecule has 19 heavy (non-hydrogen) atoms. The van der Waals surface area contributed by atoms with Gasteiger partial charge in [-0.3, -0.25) is 0 Å². The predicted octanol–water partition coefficient (Wildman–Crippen LogP) is -0.791. The van der Waals surface area contributed by atoms with E-state index >= 15 is 0 Å². The zero-order chi connectivity index (χ0) is 13.6. The van der Waals surface area contributed by atoms with Gasteiger partial charge in [0.25, 0.3) is 0 Å². The number of rotatable bonds is 2. The summed E-state index contributed by atoms with van der Waals surface area (Å²) in [4.78, 5) is 8.11. The number of imidazole rings is 1. The normalized spacial score (nSPS) is 26.9. The molecule has 3 rings (SSSR count). The first-order chi connectivity index (χ1) is 9.13. The Morgan fingerprint density at radius 3 is 2.79 bits per heavy atom. The average Bonchev–Trinajstić information content (AvgIpc) is 2.94. The van der Waals surface area contributed by atoms with Gasteiger partial charge in [0, 0.05) is 6.20 Å². The molecule has 2 aromatic rings. The van der Waals surface area contributed by atoms with Crippen LogP contribution in [0.3, 0.4) is 0 Å². The van der Waals surface area contributed by atoms with Crippen LogP contribution in [0.1, 0.15) is 6.04 Å². The smallest absolute Gasteiger partial charge is 0.151 e. The van der Waals surface area contributed by atoms with Gasteiger partial charge in [0.1, 0.15) is 17.7 Å². The Balaban J connectivity index is 2.11. The molecule has 0 amide bonds. The third-order valence-electron chi connectivity index (χ3n) is 3.46. The molecule has 0 unspecified atom stereocenters. The minimum Gasteiger partial charge on any atom is -0.392 e. The lowest BCUT2D eigenvalue weighted by Gasteiger charge is -2.19. The highest BCUT2D eigenvalue weighted by Crippen LogP contribution is 2.32. The van der Waals surface area contributed by atoms with Crippen LogP contribution in [-0.2, 0) is 0 Å². The van der Waals surface area contributed by atoms with E-state index in [-0.39, 0.29) is 6.61 Å². The van der Waals surface area contributed by atoms with Gasteiger partial charge < -0.3 is 25.6 Å². The molecule has 0 aromatic carbocycles. The summed E-state index contributed by atoms with van der Waals surface area (Å²) >= 11 is 0. The number of pyridine rings is 1. The van der Waals surface area contributed by atoms with Crippen molar-refractivity contribution in [3.8, 4) is 0 Å². The van der Waals surface area contributed by atoms with E-state index in [0.717, 1.165) is 5.52 Å². The lowest BCUT2D eigenvalue weighted by atomic mass is 10.1. The molecule has 0 fully saturated rings. The first kappa shape index (κ1) is 12.1. The van der Waals surface area contributed by atoms with E-state index in [1.807, 2.05) is 0 Å². The Kier molecular flexibility index (Phi) is 2.74. The second-order valence-corrected chi connectivity index (χ2v) is 4.54. The van der Waals surface area contributed by atoms with E-state index in [9.17, 15) is 10.2 Å². The molecule has 1 aliphatic carbocycles. The molecule has 0 spiro atoms. The number of aliphatic hydroxyl groups excluding tert-OH is 3. The van der Waals surface area contributed by atoms with Gasteiger partial charge in [0.05, 0.1) is 24.5 Å². The molecule has 0 radical (unpaired) electrons. The summed E-state index contributed by atoms with van der Waals surface area (Å²) in [5.74, 6) is 0.315. The fourth-order valence-corrected chi connectivity index (χ4v) is 2.43. The third-order valence-corrected chi connectivity index (χ3v) is 3.46. The minimum absolute atomic E-state index is 0.287. The van der Waals surface area contributed by atoms with Crippen LogP contribution >= 0.6 is 0 Å². The summed E-state index contributed by atoms with van der Waals surface area (Å²) in [5, 5.41) is 29.0. The molecule has 100 valence electrons. The largest absolute Gasteiger partial charge is 0.392 e.